The molecule has 0 aromatic heterocycles. The van der Waals surface area contributed by atoms with E-state index in [9.17, 15) is 19.5 Å². The van der Waals surface area contributed by atoms with E-state index in [1.807, 2.05) is 18.2 Å². The van der Waals surface area contributed by atoms with Gasteiger partial charge in [0.05, 0.1) is 6.54 Å². The number of phenols is 1. The van der Waals surface area contributed by atoms with Crippen LogP contribution < -0.4 is 19.7 Å². The molecule has 58 heavy (non-hydrogen) atoms. The summed E-state index contributed by atoms with van der Waals surface area (Å²) in [6.07, 6.45) is 7.69. The average molecular weight is 779 g/mol. The second-order valence-corrected chi connectivity index (χ2v) is 18.4. The summed E-state index contributed by atoms with van der Waals surface area (Å²) in [6, 6.07) is 29.2. The van der Waals surface area contributed by atoms with E-state index >= 15 is 0 Å². The number of phenolic OH excluding ortho intramolecular Hbond substituents is 1. The molecular formula is C48H50N4O6. The first kappa shape index (κ1) is 35.8. The number of benzene rings is 4. The van der Waals surface area contributed by atoms with Crippen LogP contribution in [0.25, 0.3) is 0 Å². The summed E-state index contributed by atoms with van der Waals surface area (Å²) >= 11 is 0. The Labute approximate surface area is 339 Å². The molecule has 5 heterocycles. The maximum absolute atomic E-state index is 13.3. The lowest BCUT2D eigenvalue weighted by atomic mass is 9.65. The topological polar surface area (TPSA) is 112 Å². The number of carbonyl (C=O) groups excluding carboxylic acids is 3. The molecule has 2 spiro atoms. The van der Waals surface area contributed by atoms with Gasteiger partial charge in [-0.05, 0) is 115 Å². The first-order valence-corrected chi connectivity index (χ1v) is 21.3. The van der Waals surface area contributed by atoms with Crippen molar-refractivity contribution in [1.29, 1.82) is 0 Å². The van der Waals surface area contributed by atoms with Crippen LogP contribution in [0.5, 0.6) is 17.2 Å². The van der Waals surface area contributed by atoms with Crippen molar-refractivity contribution in [3.05, 3.63) is 118 Å². The van der Waals surface area contributed by atoms with Crippen molar-refractivity contribution in [3.63, 3.8) is 0 Å². The van der Waals surface area contributed by atoms with Gasteiger partial charge in [-0.25, -0.2) is 0 Å². The van der Waals surface area contributed by atoms with E-state index in [4.69, 9.17) is 9.47 Å². The minimum atomic E-state index is -0.655. The molecule has 7 aliphatic rings. The van der Waals surface area contributed by atoms with Crippen molar-refractivity contribution >= 4 is 23.4 Å². The summed E-state index contributed by atoms with van der Waals surface area (Å²) in [5, 5.41) is 12.6. The number of anilines is 1. The van der Waals surface area contributed by atoms with E-state index in [0.717, 1.165) is 51.1 Å². The average Bonchev–Trinajstić information content (AvgIpc) is 3.55. The van der Waals surface area contributed by atoms with E-state index in [2.05, 4.69) is 75.8 Å². The second kappa shape index (κ2) is 13.6. The molecule has 2 aliphatic carbocycles. The third-order valence-electron chi connectivity index (χ3n) is 14.6. The molecule has 11 rings (SSSR count). The van der Waals surface area contributed by atoms with Crippen LogP contribution >= 0.6 is 0 Å². The van der Waals surface area contributed by atoms with Gasteiger partial charge in [-0.15, -0.1) is 0 Å². The van der Waals surface area contributed by atoms with Crippen LogP contribution in [0.4, 0.5) is 5.69 Å². The molecule has 3 amide bonds. The number of nitrogens with one attached hydrogen (secondary N) is 1. The Morgan fingerprint density at radius 2 is 1.60 bits per heavy atom. The number of nitrogens with zero attached hydrogens (tertiary/aromatic N) is 3. The fourth-order valence-electron chi connectivity index (χ4n) is 11.6. The van der Waals surface area contributed by atoms with Crippen LogP contribution in [0, 0.1) is 11.3 Å². The lowest BCUT2D eigenvalue weighted by Gasteiger charge is -2.56. The van der Waals surface area contributed by atoms with Gasteiger partial charge in [0.25, 0.3) is 5.91 Å². The highest BCUT2D eigenvalue weighted by atomic mass is 16.6. The molecule has 5 aliphatic heterocycles. The van der Waals surface area contributed by atoms with Gasteiger partial charge in [0.1, 0.15) is 18.4 Å². The summed E-state index contributed by atoms with van der Waals surface area (Å²) in [5.74, 6) is 2.09. The third-order valence-corrected chi connectivity index (χ3v) is 14.6. The number of aryl methyl sites for hydroxylation is 1. The molecule has 0 radical (unpaired) electrons. The number of ether oxygens (including phenoxy) is 2. The lowest BCUT2D eigenvalue weighted by Crippen LogP contribution is -2.69. The number of amides is 3. The van der Waals surface area contributed by atoms with Crippen molar-refractivity contribution in [2.75, 3.05) is 44.2 Å². The highest BCUT2D eigenvalue weighted by molar-refractivity contribution is 6.05. The number of likely N-dealkylation sites (tertiary alicyclic amines) is 1. The van der Waals surface area contributed by atoms with Crippen LogP contribution in [0.15, 0.2) is 84.9 Å². The number of hydrogen-bond donors (Lipinski definition) is 2. The van der Waals surface area contributed by atoms with Gasteiger partial charge in [0.15, 0.2) is 17.1 Å². The Bertz CT molecular complexity index is 2290. The zero-order valence-corrected chi connectivity index (χ0v) is 32.8. The zero-order chi connectivity index (χ0) is 39.2. The van der Waals surface area contributed by atoms with Crippen LogP contribution in [0.1, 0.15) is 95.0 Å². The normalized spacial score (nSPS) is 25.9. The summed E-state index contributed by atoms with van der Waals surface area (Å²) < 4.78 is 13.0. The number of fused-ring (bicyclic) bond motifs is 4. The number of carbonyl (C=O) groups is 3. The smallest absolute Gasteiger partial charge is 0.255 e. The van der Waals surface area contributed by atoms with Crippen LogP contribution in [0.3, 0.4) is 0 Å². The van der Waals surface area contributed by atoms with E-state index in [1.165, 1.54) is 53.6 Å². The maximum Gasteiger partial charge on any atom is 0.255 e. The van der Waals surface area contributed by atoms with E-state index < -0.39 is 11.9 Å². The molecule has 2 N–H and O–H groups in total. The molecule has 3 saturated heterocycles. The van der Waals surface area contributed by atoms with Gasteiger partial charge >= 0.3 is 0 Å². The standard InChI is InChI=1S/C48H50N4O6/c53-35-11-13-37-33(22-35)8-12-36(31-4-2-1-3-5-31)43(37)32-6-9-34(10-7-32)51-25-47(26-51)20-18-30(19-21-47)23-50-27-48(28-50)29-57-44-39-24-52(40-15-17-42(54)49-45(40)55)46(56)38(39)14-16-41(44)58-48/h1-7,9-11,13-14,16,22,30,36,40,43,53H,8,12,15,17-21,23-29H2,(H,49,54,55)/t36-,40?,43+/m1/s1. The van der Waals surface area contributed by atoms with Crippen molar-refractivity contribution in [2.45, 2.75) is 81.4 Å². The highest BCUT2D eigenvalue weighted by Gasteiger charge is 2.52. The summed E-state index contributed by atoms with van der Waals surface area (Å²) in [7, 11) is 0. The molecule has 3 atom stereocenters. The van der Waals surface area contributed by atoms with Gasteiger partial charge in [0.2, 0.25) is 11.8 Å². The molecular weight excluding hydrogens is 729 g/mol. The summed E-state index contributed by atoms with van der Waals surface area (Å²) in [4.78, 5) is 44.1. The number of hydrogen-bond acceptors (Lipinski definition) is 8. The third kappa shape index (κ3) is 6.05. The molecule has 0 bridgehead atoms. The Morgan fingerprint density at radius 3 is 2.38 bits per heavy atom. The molecule has 1 unspecified atom stereocenters. The molecule has 4 aromatic rings. The second-order valence-electron chi connectivity index (χ2n) is 18.4. The molecule has 10 heteroatoms. The van der Waals surface area contributed by atoms with Gasteiger partial charge in [-0.2, -0.15) is 0 Å². The maximum atomic E-state index is 13.3. The minimum absolute atomic E-state index is 0.203. The highest BCUT2D eigenvalue weighted by Crippen LogP contribution is 2.51. The largest absolute Gasteiger partial charge is 0.508 e. The fourth-order valence-corrected chi connectivity index (χ4v) is 11.6. The van der Waals surface area contributed by atoms with Gasteiger partial charge in [0, 0.05) is 67.3 Å². The minimum Gasteiger partial charge on any atom is -0.508 e. The van der Waals surface area contributed by atoms with Gasteiger partial charge in [-0.1, -0.05) is 48.5 Å². The van der Waals surface area contributed by atoms with Gasteiger partial charge in [-0.3, -0.25) is 24.6 Å². The van der Waals surface area contributed by atoms with E-state index in [1.54, 1.807) is 11.0 Å². The number of piperidine rings is 1. The fraction of sp³-hybridized carbons (Fsp3) is 0.438. The van der Waals surface area contributed by atoms with Crippen LogP contribution in [0.2, 0.25) is 0 Å². The molecule has 10 nitrogen and oxygen atoms in total. The van der Waals surface area contributed by atoms with Crippen LogP contribution in [-0.4, -0.2) is 83.6 Å². The van der Waals surface area contributed by atoms with Crippen molar-refractivity contribution < 1.29 is 29.0 Å². The molecule has 4 aromatic carbocycles. The number of aromatic hydroxyl groups is 1. The quantitative estimate of drug-likeness (QED) is 0.213. The Balaban J connectivity index is 0.676. The predicted octanol–water partition coefficient (Wildman–Crippen LogP) is 6.54. The molecule has 1 saturated carbocycles. The first-order chi connectivity index (χ1) is 28.2. The molecule has 4 fully saturated rings. The van der Waals surface area contributed by atoms with Crippen molar-refractivity contribution in [2.24, 2.45) is 11.3 Å². The van der Waals surface area contributed by atoms with E-state index in [-0.39, 0.29) is 36.3 Å². The predicted molar refractivity (Wildman–Crippen MR) is 218 cm³/mol. The molecule has 298 valence electrons. The monoisotopic (exact) mass is 778 g/mol. The number of imide groups is 1. The van der Waals surface area contributed by atoms with Crippen molar-refractivity contribution in [1.82, 2.24) is 15.1 Å². The Hall–Kier alpha value is -5.35. The number of rotatable bonds is 6. The SMILES string of the molecule is O=C1CCC(N2Cc3c(ccc4c3OCC3(CN(CC5CCC6(CC5)CN(c5ccc([C@@H]7c8ccc(O)cc8CC[C@@H]7c7ccccc7)cc5)C6)C3)O4)C2=O)C(=O)N1. The summed E-state index contributed by atoms with van der Waals surface area (Å²) in [6.45, 7) is 5.74. The van der Waals surface area contributed by atoms with Crippen LogP contribution in [-0.2, 0) is 22.6 Å². The summed E-state index contributed by atoms with van der Waals surface area (Å²) in [5.41, 5.74) is 8.02. The van der Waals surface area contributed by atoms with Gasteiger partial charge < -0.3 is 24.4 Å². The Morgan fingerprint density at radius 1 is 0.810 bits per heavy atom. The Kier molecular flexibility index (Phi) is 8.40. The zero-order valence-electron chi connectivity index (χ0n) is 32.8. The van der Waals surface area contributed by atoms with Crippen molar-refractivity contribution in [3.8, 4) is 17.2 Å². The van der Waals surface area contributed by atoms with E-state index in [0.29, 0.717) is 53.1 Å². The lowest BCUT2D eigenvalue weighted by molar-refractivity contribution is -0.136. The first-order valence-electron chi connectivity index (χ1n) is 21.3.